The molecule has 3 nitrogen and oxygen atoms in total. The first-order valence-corrected chi connectivity index (χ1v) is 9.31. The number of carbonyl (C=O) groups is 1. The van der Waals surface area contributed by atoms with Crippen molar-refractivity contribution in [2.45, 2.75) is 69.6 Å². The standard InChI is InChI=1S/C20H22F6N2O/c1-2-7-19(22,23)10-15(16(29)11-18(12-27)8-9-18)28-17(20(24,25)26)13-3-5-14(21)6-4-13/h3-6,15,17,28H,2,7-11H2,1H3/t15-,17-/m0/s1. The summed E-state index contributed by atoms with van der Waals surface area (Å²) in [6.45, 7) is 1.50. The van der Waals surface area contributed by atoms with Crippen LogP contribution in [-0.4, -0.2) is 23.9 Å². The number of nitrogens with one attached hydrogen (secondary N) is 1. The first-order chi connectivity index (χ1) is 13.4. The minimum atomic E-state index is -4.90. The van der Waals surface area contributed by atoms with E-state index in [-0.39, 0.29) is 12.8 Å². The maximum absolute atomic E-state index is 14.2. The van der Waals surface area contributed by atoms with Crippen LogP contribution in [0.2, 0.25) is 0 Å². The number of carbonyl (C=O) groups excluding carboxylic acids is 1. The second-order valence-electron chi connectivity index (χ2n) is 7.59. The van der Waals surface area contributed by atoms with Crippen molar-refractivity contribution in [2.75, 3.05) is 0 Å². The molecular formula is C20H22F6N2O. The molecule has 0 spiro atoms. The molecule has 1 aromatic rings. The van der Waals surface area contributed by atoms with E-state index < -0.39 is 59.6 Å². The van der Waals surface area contributed by atoms with Gasteiger partial charge in [0.15, 0.2) is 5.78 Å². The molecule has 0 aromatic heterocycles. The van der Waals surface area contributed by atoms with Gasteiger partial charge >= 0.3 is 6.18 Å². The number of rotatable bonds is 10. The van der Waals surface area contributed by atoms with Gasteiger partial charge in [-0.2, -0.15) is 18.4 Å². The van der Waals surface area contributed by atoms with Gasteiger partial charge in [-0.15, -0.1) is 0 Å². The SMILES string of the molecule is CCCC(F)(F)C[C@H](N[C@@H](c1ccc(F)cc1)C(F)(F)F)C(=O)CC1(C#N)CC1. The number of nitriles is 1. The van der Waals surface area contributed by atoms with Crippen LogP contribution in [0.25, 0.3) is 0 Å². The van der Waals surface area contributed by atoms with E-state index >= 15 is 0 Å². The van der Waals surface area contributed by atoms with E-state index in [4.69, 9.17) is 5.26 Å². The lowest BCUT2D eigenvalue weighted by Crippen LogP contribution is -2.47. The predicted octanol–water partition coefficient (Wildman–Crippen LogP) is 5.48. The van der Waals surface area contributed by atoms with Crippen molar-refractivity contribution in [1.82, 2.24) is 5.32 Å². The minimum Gasteiger partial charge on any atom is -0.298 e. The first kappa shape index (κ1) is 23.2. The second kappa shape index (κ2) is 8.74. The zero-order chi connectivity index (χ0) is 21.9. The number of alkyl halides is 5. The third kappa shape index (κ3) is 6.46. The molecule has 0 bridgehead atoms. The van der Waals surface area contributed by atoms with E-state index in [1.807, 2.05) is 11.4 Å². The smallest absolute Gasteiger partial charge is 0.298 e. The maximum atomic E-state index is 14.2. The van der Waals surface area contributed by atoms with Gasteiger partial charge in [0.25, 0.3) is 0 Å². The van der Waals surface area contributed by atoms with Gasteiger partial charge in [0.1, 0.15) is 11.9 Å². The van der Waals surface area contributed by atoms with Crippen LogP contribution in [-0.2, 0) is 4.79 Å². The molecule has 1 N–H and O–H groups in total. The summed E-state index contributed by atoms with van der Waals surface area (Å²) >= 11 is 0. The third-order valence-corrected chi connectivity index (χ3v) is 5.01. The van der Waals surface area contributed by atoms with Crippen molar-refractivity contribution in [1.29, 1.82) is 5.26 Å². The van der Waals surface area contributed by atoms with Gasteiger partial charge in [-0.1, -0.05) is 25.5 Å². The maximum Gasteiger partial charge on any atom is 0.407 e. The zero-order valence-corrected chi connectivity index (χ0v) is 15.8. The fourth-order valence-corrected chi connectivity index (χ4v) is 3.20. The Labute approximate surface area is 165 Å². The molecule has 2 atom stereocenters. The van der Waals surface area contributed by atoms with E-state index in [0.717, 1.165) is 24.3 Å². The van der Waals surface area contributed by atoms with Gasteiger partial charge in [0, 0.05) is 19.3 Å². The van der Waals surface area contributed by atoms with Crippen LogP contribution in [0, 0.1) is 22.6 Å². The Bertz CT molecular complexity index is 750. The van der Waals surface area contributed by atoms with Crippen molar-refractivity contribution >= 4 is 5.78 Å². The van der Waals surface area contributed by atoms with Gasteiger partial charge in [-0.25, -0.2) is 13.2 Å². The molecule has 0 saturated heterocycles. The molecule has 0 unspecified atom stereocenters. The van der Waals surface area contributed by atoms with Gasteiger partial charge in [-0.3, -0.25) is 10.1 Å². The third-order valence-electron chi connectivity index (χ3n) is 5.01. The summed E-state index contributed by atoms with van der Waals surface area (Å²) in [6, 6.07) is 1.17. The Morgan fingerprint density at radius 3 is 2.24 bits per heavy atom. The van der Waals surface area contributed by atoms with Crippen LogP contribution in [0.4, 0.5) is 26.3 Å². The van der Waals surface area contributed by atoms with Crippen molar-refractivity contribution in [3.8, 4) is 6.07 Å². The van der Waals surface area contributed by atoms with Crippen LogP contribution in [0.15, 0.2) is 24.3 Å². The highest BCUT2D eigenvalue weighted by Gasteiger charge is 2.49. The highest BCUT2D eigenvalue weighted by atomic mass is 19.4. The largest absolute Gasteiger partial charge is 0.407 e. The average Bonchev–Trinajstić information content (AvgIpc) is 3.38. The Morgan fingerprint density at radius 1 is 1.21 bits per heavy atom. The second-order valence-corrected chi connectivity index (χ2v) is 7.59. The molecule has 0 amide bonds. The Morgan fingerprint density at radius 2 is 1.79 bits per heavy atom. The molecule has 1 aliphatic rings. The summed E-state index contributed by atoms with van der Waals surface area (Å²) in [6.07, 6.45) is -6.04. The number of benzene rings is 1. The fraction of sp³-hybridized carbons (Fsp3) is 0.600. The fourth-order valence-electron chi connectivity index (χ4n) is 3.20. The summed E-state index contributed by atoms with van der Waals surface area (Å²) in [7, 11) is 0. The summed E-state index contributed by atoms with van der Waals surface area (Å²) in [4.78, 5) is 12.6. The summed E-state index contributed by atoms with van der Waals surface area (Å²) in [5, 5.41) is 11.2. The predicted molar refractivity (Wildman–Crippen MR) is 93.5 cm³/mol. The van der Waals surface area contributed by atoms with E-state index in [2.05, 4.69) is 0 Å². The number of hydrogen-bond donors (Lipinski definition) is 1. The van der Waals surface area contributed by atoms with Gasteiger partial charge < -0.3 is 0 Å². The molecule has 9 heteroatoms. The first-order valence-electron chi connectivity index (χ1n) is 9.31. The number of hydrogen-bond acceptors (Lipinski definition) is 3. The zero-order valence-electron chi connectivity index (χ0n) is 15.8. The summed E-state index contributed by atoms with van der Waals surface area (Å²) in [5.74, 6) is -4.94. The number of nitrogens with zero attached hydrogens (tertiary/aromatic N) is 1. The topological polar surface area (TPSA) is 52.9 Å². The van der Waals surface area contributed by atoms with Gasteiger partial charge in [0.2, 0.25) is 5.92 Å². The van der Waals surface area contributed by atoms with Crippen molar-refractivity contribution in [2.24, 2.45) is 5.41 Å². The molecule has 1 fully saturated rings. The molecule has 0 aliphatic heterocycles. The molecule has 0 heterocycles. The lowest BCUT2D eigenvalue weighted by Gasteiger charge is -2.30. The summed E-state index contributed by atoms with van der Waals surface area (Å²) in [5.41, 5.74) is -1.36. The van der Waals surface area contributed by atoms with Crippen LogP contribution in [0.3, 0.4) is 0 Å². The lowest BCUT2D eigenvalue weighted by atomic mass is 9.92. The number of Topliss-reactive ketones (excluding diaryl/α,β-unsaturated/α-hetero) is 1. The molecule has 29 heavy (non-hydrogen) atoms. The molecule has 1 aromatic carbocycles. The van der Waals surface area contributed by atoms with Gasteiger partial charge in [-0.05, 0) is 30.5 Å². The highest BCUT2D eigenvalue weighted by Crippen LogP contribution is 2.48. The Kier molecular flexibility index (Phi) is 6.99. The van der Waals surface area contributed by atoms with Crippen LogP contribution in [0.5, 0.6) is 0 Å². The Balaban J connectivity index is 2.30. The molecule has 1 aliphatic carbocycles. The normalized spacial score (nSPS) is 18.0. The lowest BCUT2D eigenvalue weighted by molar-refractivity contribution is -0.163. The van der Waals surface area contributed by atoms with Crippen molar-refractivity contribution < 1.29 is 31.1 Å². The van der Waals surface area contributed by atoms with E-state index in [1.54, 1.807) is 0 Å². The van der Waals surface area contributed by atoms with Crippen molar-refractivity contribution in [3.63, 3.8) is 0 Å². The molecule has 0 radical (unpaired) electrons. The quantitative estimate of drug-likeness (QED) is 0.511. The van der Waals surface area contributed by atoms with Crippen LogP contribution >= 0.6 is 0 Å². The highest BCUT2D eigenvalue weighted by molar-refractivity contribution is 5.85. The summed E-state index contributed by atoms with van der Waals surface area (Å²) < 4.78 is 82.3. The van der Waals surface area contributed by atoms with E-state index in [0.29, 0.717) is 12.8 Å². The molecule has 1 saturated carbocycles. The molecular weight excluding hydrogens is 398 g/mol. The number of halogens is 6. The average molecular weight is 420 g/mol. The molecule has 2 rings (SSSR count). The van der Waals surface area contributed by atoms with E-state index in [1.165, 1.54) is 6.92 Å². The van der Waals surface area contributed by atoms with E-state index in [9.17, 15) is 31.1 Å². The van der Waals surface area contributed by atoms with Crippen LogP contribution < -0.4 is 5.32 Å². The number of ketones is 1. The minimum absolute atomic E-state index is 0.0940. The van der Waals surface area contributed by atoms with Crippen molar-refractivity contribution in [3.05, 3.63) is 35.6 Å². The van der Waals surface area contributed by atoms with Crippen LogP contribution in [0.1, 0.15) is 57.1 Å². The van der Waals surface area contributed by atoms with Gasteiger partial charge in [0.05, 0.1) is 17.5 Å². The Hall–Kier alpha value is -2.08. The molecule has 160 valence electrons. The monoisotopic (exact) mass is 420 g/mol.